The number of carbonyl (C=O) groups is 2. The number of hydrogen-bond acceptors (Lipinski definition) is 6. The molecule has 2 amide bonds. The van der Waals surface area contributed by atoms with E-state index in [2.05, 4.69) is 10.6 Å². The maximum Gasteiger partial charge on any atom is 0.227 e. The fourth-order valence-electron chi connectivity index (χ4n) is 5.05. The second kappa shape index (κ2) is 16.0. The number of anilines is 2. The van der Waals surface area contributed by atoms with Crippen molar-refractivity contribution in [2.45, 2.75) is 25.7 Å². The van der Waals surface area contributed by atoms with Gasteiger partial charge in [0.25, 0.3) is 0 Å². The summed E-state index contributed by atoms with van der Waals surface area (Å²) in [6.45, 7) is 1.72. The van der Waals surface area contributed by atoms with Gasteiger partial charge in [-0.2, -0.15) is 0 Å². The standard InChI is InChI=1S/C36H38N2O6/c39-35(37-29-15-19-33(20-16-29)43-25-23-41-31-7-3-1-4-8-31)27-11-13-28(14-12-27)36(40)38-30-17-21-34(22-18-30)44-26-24-42-32-9-5-2-6-10-32/h1-10,15-22,27-28H,11-14,23-26H2,(H,37,39)(H,38,40). The molecule has 0 radical (unpaired) electrons. The highest BCUT2D eigenvalue weighted by Crippen LogP contribution is 2.31. The Kier molecular flexibility index (Phi) is 11.1. The summed E-state index contributed by atoms with van der Waals surface area (Å²) in [7, 11) is 0. The third-order valence-electron chi connectivity index (χ3n) is 7.44. The van der Waals surface area contributed by atoms with Crippen LogP contribution >= 0.6 is 0 Å². The molecule has 0 atom stereocenters. The summed E-state index contributed by atoms with van der Waals surface area (Å²) in [5.41, 5.74) is 1.44. The first-order chi connectivity index (χ1) is 21.6. The molecule has 44 heavy (non-hydrogen) atoms. The average Bonchev–Trinajstić information content (AvgIpc) is 3.07. The SMILES string of the molecule is O=C(Nc1ccc(OCCOc2ccccc2)cc1)C1CCC(C(=O)Nc2ccc(OCCOc3ccccc3)cc2)CC1. The molecule has 5 rings (SSSR count). The number of para-hydroxylation sites is 2. The summed E-state index contributed by atoms with van der Waals surface area (Å²) >= 11 is 0. The summed E-state index contributed by atoms with van der Waals surface area (Å²) in [6.07, 6.45) is 2.68. The molecule has 0 heterocycles. The molecule has 0 aromatic heterocycles. The molecule has 4 aromatic carbocycles. The molecule has 0 bridgehead atoms. The summed E-state index contributed by atoms with van der Waals surface area (Å²) in [5, 5.41) is 6.01. The number of nitrogens with one attached hydrogen (secondary N) is 2. The zero-order valence-corrected chi connectivity index (χ0v) is 24.7. The molecule has 8 heteroatoms. The Bertz CT molecular complexity index is 1320. The van der Waals surface area contributed by atoms with Crippen molar-refractivity contribution in [3.05, 3.63) is 109 Å². The minimum atomic E-state index is -0.118. The Hall–Kier alpha value is -4.98. The first kappa shape index (κ1) is 30.5. The van der Waals surface area contributed by atoms with Crippen molar-refractivity contribution in [1.29, 1.82) is 0 Å². The van der Waals surface area contributed by atoms with Crippen molar-refractivity contribution < 1.29 is 28.5 Å². The lowest BCUT2D eigenvalue weighted by Crippen LogP contribution is -2.32. The van der Waals surface area contributed by atoms with Gasteiger partial charge >= 0.3 is 0 Å². The van der Waals surface area contributed by atoms with Crippen molar-refractivity contribution in [1.82, 2.24) is 0 Å². The second-order valence-electron chi connectivity index (χ2n) is 10.6. The molecule has 1 aliphatic carbocycles. The van der Waals surface area contributed by atoms with Crippen LogP contribution in [0, 0.1) is 11.8 Å². The van der Waals surface area contributed by atoms with E-state index in [1.165, 1.54) is 0 Å². The molecule has 1 saturated carbocycles. The molecular weight excluding hydrogens is 556 g/mol. The molecule has 1 aliphatic rings. The lowest BCUT2D eigenvalue weighted by Gasteiger charge is -2.27. The minimum Gasteiger partial charge on any atom is -0.490 e. The van der Waals surface area contributed by atoms with Crippen LogP contribution in [0.3, 0.4) is 0 Å². The maximum absolute atomic E-state index is 12.9. The van der Waals surface area contributed by atoms with Gasteiger partial charge in [0.15, 0.2) is 0 Å². The molecule has 0 spiro atoms. The summed E-state index contributed by atoms with van der Waals surface area (Å²) in [5.74, 6) is 2.77. The molecule has 4 aromatic rings. The summed E-state index contributed by atoms with van der Waals surface area (Å²) in [6, 6.07) is 33.9. The molecule has 0 aliphatic heterocycles. The van der Waals surface area contributed by atoms with Crippen molar-refractivity contribution in [3.8, 4) is 23.0 Å². The van der Waals surface area contributed by atoms with Gasteiger partial charge in [-0.15, -0.1) is 0 Å². The fourth-order valence-corrected chi connectivity index (χ4v) is 5.05. The highest BCUT2D eigenvalue weighted by molar-refractivity contribution is 5.94. The van der Waals surface area contributed by atoms with Gasteiger partial charge in [-0.05, 0) is 98.5 Å². The van der Waals surface area contributed by atoms with Gasteiger partial charge in [0.05, 0.1) is 0 Å². The molecule has 228 valence electrons. The summed E-state index contributed by atoms with van der Waals surface area (Å²) < 4.78 is 22.7. The monoisotopic (exact) mass is 594 g/mol. The van der Waals surface area contributed by atoms with E-state index < -0.39 is 0 Å². The van der Waals surface area contributed by atoms with E-state index in [1.54, 1.807) is 0 Å². The minimum absolute atomic E-state index is 0.0152. The Labute approximate surface area is 258 Å². The van der Waals surface area contributed by atoms with E-state index in [-0.39, 0.29) is 23.7 Å². The normalized spacial score (nSPS) is 15.9. The number of carbonyl (C=O) groups excluding carboxylic acids is 2. The van der Waals surface area contributed by atoms with Crippen molar-refractivity contribution >= 4 is 23.2 Å². The third-order valence-corrected chi connectivity index (χ3v) is 7.44. The van der Waals surface area contributed by atoms with Crippen LogP contribution in [0.25, 0.3) is 0 Å². The van der Waals surface area contributed by atoms with Crippen LogP contribution in [0.2, 0.25) is 0 Å². The molecule has 1 fully saturated rings. The first-order valence-corrected chi connectivity index (χ1v) is 15.1. The fraction of sp³-hybridized carbons (Fsp3) is 0.278. The molecule has 8 nitrogen and oxygen atoms in total. The molecule has 2 N–H and O–H groups in total. The lowest BCUT2D eigenvalue weighted by molar-refractivity contribution is -0.125. The van der Waals surface area contributed by atoms with E-state index in [9.17, 15) is 9.59 Å². The number of rotatable bonds is 14. The molecule has 0 unspecified atom stereocenters. The van der Waals surface area contributed by atoms with Crippen LogP contribution in [0.4, 0.5) is 11.4 Å². The van der Waals surface area contributed by atoms with E-state index in [0.29, 0.717) is 63.6 Å². The van der Waals surface area contributed by atoms with Gasteiger partial charge in [-0.3, -0.25) is 9.59 Å². The highest BCUT2D eigenvalue weighted by atomic mass is 16.5. The quantitative estimate of drug-likeness (QED) is 0.153. The smallest absolute Gasteiger partial charge is 0.227 e. The van der Waals surface area contributed by atoms with Gasteiger partial charge < -0.3 is 29.6 Å². The number of ether oxygens (including phenoxy) is 4. The van der Waals surface area contributed by atoms with Gasteiger partial charge in [-0.1, -0.05) is 36.4 Å². The van der Waals surface area contributed by atoms with Crippen LogP contribution < -0.4 is 29.6 Å². The third kappa shape index (κ3) is 9.52. The average molecular weight is 595 g/mol. The Balaban J connectivity index is 0.968. The van der Waals surface area contributed by atoms with Gasteiger partial charge in [0.2, 0.25) is 11.8 Å². The van der Waals surface area contributed by atoms with Crippen molar-refractivity contribution in [2.75, 3.05) is 37.1 Å². The first-order valence-electron chi connectivity index (χ1n) is 15.1. The van der Waals surface area contributed by atoms with Gasteiger partial charge in [0.1, 0.15) is 49.4 Å². The number of amides is 2. The number of hydrogen-bond donors (Lipinski definition) is 2. The lowest BCUT2D eigenvalue weighted by atomic mass is 9.81. The van der Waals surface area contributed by atoms with E-state index in [4.69, 9.17) is 18.9 Å². The van der Waals surface area contributed by atoms with Crippen LogP contribution in [-0.4, -0.2) is 38.2 Å². The van der Waals surface area contributed by atoms with Crippen molar-refractivity contribution in [2.24, 2.45) is 11.8 Å². The zero-order chi connectivity index (χ0) is 30.4. The maximum atomic E-state index is 12.9. The van der Waals surface area contributed by atoms with Gasteiger partial charge in [-0.25, -0.2) is 0 Å². The zero-order valence-electron chi connectivity index (χ0n) is 24.7. The van der Waals surface area contributed by atoms with Crippen LogP contribution in [0.1, 0.15) is 25.7 Å². The molecule has 0 saturated heterocycles. The van der Waals surface area contributed by atoms with Crippen LogP contribution in [0.5, 0.6) is 23.0 Å². The van der Waals surface area contributed by atoms with E-state index in [0.717, 1.165) is 22.9 Å². The predicted molar refractivity (Wildman–Crippen MR) is 170 cm³/mol. The van der Waals surface area contributed by atoms with Crippen molar-refractivity contribution in [3.63, 3.8) is 0 Å². The van der Waals surface area contributed by atoms with Crippen LogP contribution in [-0.2, 0) is 9.59 Å². The summed E-state index contributed by atoms with van der Waals surface area (Å²) in [4.78, 5) is 25.8. The largest absolute Gasteiger partial charge is 0.490 e. The Morgan fingerprint density at radius 1 is 0.455 bits per heavy atom. The topological polar surface area (TPSA) is 95.1 Å². The van der Waals surface area contributed by atoms with Gasteiger partial charge in [0, 0.05) is 23.2 Å². The van der Waals surface area contributed by atoms with Crippen LogP contribution in [0.15, 0.2) is 109 Å². The second-order valence-corrected chi connectivity index (χ2v) is 10.6. The Morgan fingerprint density at radius 3 is 1.07 bits per heavy atom. The molecular formula is C36H38N2O6. The highest BCUT2D eigenvalue weighted by Gasteiger charge is 2.30. The van der Waals surface area contributed by atoms with E-state index >= 15 is 0 Å². The number of benzene rings is 4. The predicted octanol–water partition coefficient (Wildman–Crippen LogP) is 6.99. The Morgan fingerprint density at radius 2 is 0.750 bits per heavy atom. The van der Waals surface area contributed by atoms with E-state index in [1.807, 2.05) is 109 Å².